The topological polar surface area (TPSA) is 55.3 Å². The van der Waals surface area contributed by atoms with E-state index in [4.69, 9.17) is 9.72 Å². The van der Waals surface area contributed by atoms with Crippen molar-refractivity contribution in [2.24, 2.45) is 0 Å². The number of carbonyl (C=O) groups is 1. The van der Waals surface area contributed by atoms with Gasteiger partial charge < -0.3 is 9.64 Å². The van der Waals surface area contributed by atoms with Gasteiger partial charge >= 0.3 is 5.97 Å². The fraction of sp³-hybridized carbons (Fsp3) is 0.421. The minimum Gasteiger partial charge on any atom is -0.460 e. The van der Waals surface area contributed by atoms with E-state index in [2.05, 4.69) is 9.88 Å². The number of esters is 1. The van der Waals surface area contributed by atoms with Crippen LogP contribution in [0, 0.1) is 0 Å². The molecule has 4 rings (SSSR count). The van der Waals surface area contributed by atoms with Crippen molar-refractivity contribution < 1.29 is 9.53 Å². The molecule has 2 heterocycles. The van der Waals surface area contributed by atoms with E-state index >= 15 is 0 Å². The number of rotatable bonds is 2. The molecule has 1 aromatic heterocycles. The Morgan fingerprint density at radius 3 is 2.67 bits per heavy atom. The third-order valence-corrected chi connectivity index (χ3v) is 4.87. The van der Waals surface area contributed by atoms with Crippen molar-refractivity contribution in [1.82, 2.24) is 9.97 Å². The number of hydrogen-bond donors (Lipinski definition) is 0. The highest BCUT2D eigenvalue weighted by atomic mass is 16.5. The Kier molecular flexibility index (Phi) is 4.15. The van der Waals surface area contributed by atoms with Gasteiger partial charge in [0.25, 0.3) is 0 Å². The zero-order valence-corrected chi connectivity index (χ0v) is 13.6. The summed E-state index contributed by atoms with van der Waals surface area (Å²) in [6, 6.07) is 10.3. The van der Waals surface area contributed by atoms with Gasteiger partial charge in [-0.05, 0) is 12.8 Å². The molecule has 1 aliphatic heterocycles. The predicted molar refractivity (Wildman–Crippen MR) is 92.0 cm³/mol. The quantitative estimate of drug-likeness (QED) is 0.792. The minimum absolute atomic E-state index is 0.317. The van der Waals surface area contributed by atoms with Crippen LogP contribution >= 0.6 is 0 Å². The lowest BCUT2D eigenvalue weighted by atomic mass is 9.94. The van der Waals surface area contributed by atoms with Crippen molar-refractivity contribution in [1.29, 1.82) is 0 Å². The third kappa shape index (κ3) is 2.86. The van der Waals surface area contributed by atoms with Crippen LogP contribution in [0.3, 0.4) is 0 Å². The normalized spacial score (nSPS) is 18.7. The number of benzene rings is 1. The molecule has 1 saturated carbocycles. The van der Waals surface area contributed by atoms with Crippen LogP contribution < -0.4 is 4.90 Å². The van der Waals surface area contributed by atoms with Gasteiger partial charge in [-0.2, -0.15) is 0 Å². The molecule has 1 aromatic carbocycles. The summed E-state index contributed by atoms with van der Waals surface area (Å²) in [5, 5.41) is 0. The van der Waals surface area contributed by atoms with Gasteiger partial charge in [0.05, 0.1) is 6.54 Å². The van der Waals surface area contributed by atoms with Crippen LogP contribution in [0.1, 0.15) is 42.5 Å². The first-order chi connectivity index (χ1) is 11.8. The second-order valence-electron chi connectivity index (χ2n) is 6.42. The van der Waals surface area contributed by atoms with Crippen molar-refractivity contribution >= 4 is 11.8 Å². The molecule has 0 atom stereocenters. The first-order valence-corrected chi connectivity index (χ1v) is 8.69. The lowest BCUT2D eigenvalue weighted by Gasteiger charge is -2.34. The Hall–Kier alpha value is -2.43. The number of anilines is 1. The summed E-state index contributed by atoms with van der Waals surface area (Å²) in [5.41, 5.74) is 1.44. The van der Waals surface area contributed by atoms with E-state index in [0.717, 1.165) is 24.2 Å². The van der Waals surface area contributed by atoms with Crippen LogP contribution in [0.5, 0.6) is 0 Å². The number of aromatic nitrogens is 2. The molecule has 0 unspecified atom stereocenters. The second-order valence-corrected chi connectivity index (χ2v) is 6.42. The van der Waals surface area contributed by atoms with Crippen molar-refractivity contribution in [3.05, 3.63) is 42.1 Å². The monoisotopic (exact) mass is 323 g/mol. The SMILES string of the molecule is O=C1OCCN(C2CCCCC2)c2nc(-c3ccccc3)ncc21. The lowest BCUT2D eigenvalue weighted by Crippen LogP contribution is -2.39. The fourth-order valence-electron chi connectivity index (χ4n) is 3.63. The van der Waals surface area contributed by atoms with Crippen molar-refractivity contribution in [2.45, 2.75) is 38.1 Å². The van der Waals surface area contributed by atoms with Crippen molar-refractivity contribution in [3.8, 4) is 11.4 Å². The van der Waals surface area contributed by atoms with E-state index in [1.165, 1.54) is 19.3 Å². The zero-order valence-electron chi connectivity index (χ0n) is 13.6. The van der Waals surface area contributed by atoms with Crippen LogP contribution in [0.4, 0.5) is 5.82 Å². The van der Waals surface area contributed by atoms with Gasteiger partial charge in [-0.25, -0.2) is 14.8 Å². The molecule has 0 spiro atoms. The highest BCUT2D eigenvalue weighted by molar-refractivity contribution is 5.95. The molecule has 5 nitrogen and oxygen atoms in total. The molecule has 0 amide bonds. The predicted octanol–water partition coefficient (Wildman–Crippen LogP) is 3.45. The standard InChI is InChI=1S/C19H21N3O2/c23-19-16-13-20-17(14-7-3-1-4-8-14)21-18(16)22(11-12-24-19)15-9-5-2-6-10-15/h1,3-4,7-8,13,15H,2,5-6,9-12H2. The van der Waals surface area contributed by atoms with Gasteiger partial charge in [0.15, 0.2) is 5.82 Å². The molecule has 0 radical (unpaired) electrons. The van der Waals surface area contributed by atoms with Crippen molar-refractivity contribution in [2.75, 3.05) is 18.1 Å². The molecular formula is C19H21N3O2. The number of cyclic esters (lactones) is 1. The third-order valence-electron chi connectivity index (χ3n) is 4.87. The smallest absolute Gasteiger partial charge is 0.343 e. The summed E-state index contributed by atoms with van der Waals surface area (Å²) < 4.78 is 5.34. The maximum absolute atomic E-state index is 12.3. The maximum Gasteiger partial charge on any atom is 0.343 e. The van der Waals surface area contributed by atoms with Gasteiger partial charge in [0.1, 0.15) is 18.0 Å². The summed E-state index contributed by atoms with van der Waals surface area (Å²) >= 11 is 0. The number of carbonyl (C=O) groups excluding carboxylic acids is 1. The Morgan fingerprint density at radius 1 is 1.08 bits per heavy atom. The number of ether oxygens (including phenoxy) is 1. The summed E-state index contributed by atoms with van der Waals surface area (Å²) in [4.78, 5) is 23.7. The van der Waals surface area contributed by atoms with Crippen LogP contribution in [0.2, 0.25) is 0 Å². The number of hydrogen-bond acceptors (Lipinski definition) is 5. The van der Waals surface area contributed by atoms with Crippen molar-refractivity contribution in [3.63, 3.8) is 0 Å². The number of nitrogens with zero attached hydrogens (tertiary/aromatic N) is 3. The zero-order chi connectivity index (χ0) is 16.4. The second kappa shape index (κ2) is 6.59. The van der Waals surface area contributed by atoms with Crippen LogP contribution in [0.25, 0.3) is 11.4 Å². The van der Waals surface area contributed by atoms with Crippen LogP contribution in [-0.4, -0.2) is 35.1 Å². The van der Waals surface area contributed by atoms with E-state index in [9.17, 15) is 4.79 Å². The van der Waals surface area contributed by atoms with Gasteiger partial charge in [0.2, 0.25) is 0 Å². The van der Waals surface area contributed by atoms with E-state index in [1.807, 2.05) is 30.3 Å². The number of fused-ring (bicyclic) bond motifs is 1. The Labute approximate surface area is 141 Å². The van der Waals surface area contributed by atoms with Gasteiger partial charge in [-0.1, -0.05) is 49.6 Å². The highest BCUT2D eigenvalue weighted by Crippen LogP contribution is 2.31. The highest BCUT2D eigenvalue weighted by Gasteiger charge is 2.30. The molecule has 2 aromatic rings. The molecule has 5 heteroatoms. The van der Waals surface area contributed by atoms with E-state index in [0.29, 0.717) is 30.6 Å². The molecular weight excluding hydrogens is 302 g/mol. The van der Waals surface area contributed by atoms with Gasteiger partial charge in [-0.3, -0.25) is 0 Å². The largest absolute Gasteiger partial charge is 0.460 e. The lowest BCUT2D eigenvalue weighted by molar-refractivity contribution is 0.0524. The first kappa shape index (κ1) is 15.1. The molecule has 0 N–H and O–H groups in total. The first-order valence-electron chi connectivity index (χ1n) is 8.69. The molecule has 0 bridgehead atoms. The van der Waals surface area contributed by atoms with Gasteiger partial charge in [-0.15, -0.1) is 0 Å². The van der Waals surface area contributed by atoms with E-state index < -0.39 is 0 Å². The Morgan fingerprint density at radius 2 is 1.88 bits per heavy atom. The molecule has 1 aliphatic carbocycles. The average molecular weight is 323 g/mol. The summed E-state index contributed by atoms with van der Waals surface area (Å²) in [6.07, 6.45) is 7.69. The minimum atomic E-state index is -0.317. The maximum atomic E-state index is 12.3. The molecule has 124 valence electrons. The summed E-state index contributed by atoms with van der Waals surface area (Å²) in [5.74, 6) is 1.08. The van der Waals surface area contributed by atoms with Gasteiger partial charge in [0, 0.05) is 17.8 Å². The summed E-state index contributed by atoms with van der Waals surface area (Å²) in [7, 11) is 0. The van der Waals surface area contributed by atoms with E-state index in [1.54, 1.807) is 6.20 Å². The molecule has 24 heavy (non-hydrogen) atoms. The molecule has 2 aliphatic rings. The van der Waals surface area contributed by atoms with Crippen LogP contribution in [0.15, 0.2) is 36.5 Å². The molecule has 1 fully saturated rings. The summed E-state index contributed by atoms with van der Waals surface area (Å²) in [6.45, 7) is 1.11. The van der Waals surface area contributed by atoms with E-state index in [-0.39, 0.29) is 5.97 Å². The van der Waals surface area contributed by atoms with Crippen LogP contribution in [-0.2, 0) is 4.74 Å². The molecule has 0 saturated heterocycles. The Bertz CT molecular complexity index is 727. The average Bonchev–Trinajstić information content (AvgIpc) is 2.82. The fourth-order valence-corrected chi connectivity index (χ4v) is 3.63. The Balaban J connectivity index is 1.77.